The van der Waals surface area contributed by atoms with Gasteiger partial charge in [-0.15, -0.1) is 0 Å². The summed E-state index contributed by atoms with van der Waals surface area (Å²) in [5.74, 6) is -0.376. The van der Waals surface area contributed by atoms with E-state index in [1.807, 2.05) is 6.07 Å². The molecule has 1 aromatic heterocycles. The molecule has 116 valence electrons. The predicted molar refractivity (Wildman–Crippen MR) is 81.1 cm³/mol. The predicted octanol–water partition coefficient (Wildman–Crippen LogP) is 0.123. The smallest absolute Gasteiger partial charge is 0.323 e. The Hall–Kier alpha value is -2.57. The zero-order valence-corrected chi connectivity index (χ0v) is 12.1. The van der Waals surface area contributed by atoms with Crippen LogP contribution in [0, 0.1) is 5.92 Å². The Labute approximate surface area is 126 Å². The van der Waals surface area contributed by atoms with Gasteiger partial charge in [-0.1, -0.05) is 6.07 Å². The third-order valence-corrected chi connectivity index (χ3v) is 4.19. The van der Waals surface area contributed by atoms with Gasteiger partial charge in [0.1, 0.15) is 0 Å². The molecule has 2 heterocycles. The molecule has 22 heavy (non-hydrogen) atoms. The molecule has 2 amide bonds. The number of aromatic nitrogens is 2. The minimum absolute atomic E-state index is 0.0279. The zero-order chi connectivity index (χ0) is 15.7. The Bertz CT molecular complexity index is 768. The van der Waals surface area contributed by atoms with Crippen molar-refractivity contribution in [2.24, 2.45) is 11.7 Å². The number of primary amides is 1. The number of H-pyrrole nitrogens is 2. The quantitative estimate of drug-likeness (QED) is 0.748. The summed E-state index contributed by atoms with van der Waals surface area (Å²) in [6.07, 6.45) is 1.54. The summed E-state index contributed by atoms with van der Waals surface area (Å²) in [6.45, 7) is 1.13. The van der Waals surface area contributed by atoms with Crippen LogP contribution in [0.15, 0.2) is 23.0 Å². The fourth-order valence-electron chi connectivity index (χ4n) is 2.89. The van der Waals surface area contributed by atoms with Crippen LogP contribution < -0.4 is 11.4 Å². The van der Waals surface area contributed by atoms with E-state index in [-0.39, 0.29) is 29.8 Å². The van der Waals surface area contributed by atoms with Crippen LogP contribution in [0.1, 0.15) is 18.4 Å². The van der Waals surface area contributed by atoms with Crippen molar-refractivity contribution in [3.63, 3.8) is 0 Å². The number of hydrogen-bond donors (Lipinski definition) is 3. The Morgan fingerprint density at radius 2 is 1.86 bits per heavy atom. The van der Waals surface area contributed by atoms with Gasteiger partial charge in [-0.25, -0.2) is 4.79 Å². The highest BCUT2D eigenvalue weighted by molar-refractivity contribution is 5.82. The summed E-state index contributed by atoms with van der Waals surface area (Å²) in [5, 5.41) is 0. The van der Waals surface area contributed by atoms with Gasteiger partial charge in [0.25, 0.3) is 0 Å². The van der Waals surface area contributed by atoms with Gasteiger partial charge in [-0.2, -0.15) is 0 Å². The van der Waals surface area contributed by atoms with Crippen LogP contribution >= 0.6 is 0 Å². The van der Waals surface area contributed by atoms with Crippen LogP contribution in [0.5, 0.6) is 0 Å². The van der Waals surface area contributed by atoms with E-state index in [9.17, 15) is 14.4 Å². The van der Waals surface area contributed by atoms with Crippen LogP contribution in [-0.2, 0) is 16.0 Å². The minimum Gasteiger partial charge on any atom is -0.369 e. The third kappa shape index (κ3) is 2.88. The van der Waals surface area contributed by atoms with Gasteiger partial charge < -0.3 is 20.6 Å². The largest absolute Gasteiger partial charge is 0.369 e. The summed E-state index contributed by atoms with van der Waals surface area (Å²) in [4.78, 5) is 41.8. The second-order valence-electron chi connectivity index (χ2n) is 5.69. The summed E-state index contributed by atoms with van der Waals surface area (Å²) >= 11 is 0. The molecule has 2 aromatic rings. The van der Waals surface area contributed by atoms with Crippen LogP contribution in [0.2, 0.25) is 0 Å². The van der Waals surface area contributed by atoms with E-state index in [1.165, 1.54) is 0 Å². The third-order valence-electron chi connectivity index (χ3n) is 4.19. The number of nitrogens with one attached hydrogen (secondary N) is 2. The number of imidazole rings is 1. The summed E-state index contributed by atoms with van der Waals surface area (Å²) in [6, 6.07) is 5.43. The number of piperidine rings is 1. The number of carbonyl (C=O) groups is 2. The lowest BCUT2D eigenvalue weighted by Crippen LogP contribution is -2.42. The fourth-order valence-corrected chi connectivity index (χ4v) is 2.89. The molecular weight excluding hydrogens is 284 g/mol. The number of fused-ring (bicyclic) bond motifs is 1. The maximum atomic E-state index is 12.3. The van der Waals surface area contributed by atoms with Crippen LogP contribution in [0.3, 0.4) is 0 Å². The number of nitrogens with zero attached hydrogens (tertiary/aromatic N) is 1. The minimum atomic E-state index is -0.283. The van der Waals surface area contributed by atoms with Gasteiger partial charge in [0.2, 0.25) is 11.8 Å². The van der Waals surface area contributed by atoms with E-state index in [0.717, 1.165) is 11.1 Å². The SMILES string of the molecule is NC(=O)C1CCN(C(=O)Cc2ccc3[nH]c(=O)[nH]c3c2)CC1. The van der Waals surface area contributed by atoms with Gasteiger partial charge in [0.15, 0.2) is 0 Å². The number of carbonyl (C=O) groups excluding carboxylic acids is 2. The van der Waals surface area contributed by atoms with Crippen molar-refractivity contribution in [2.45, 2.75) is 19.3 Å². The second kappa shape index (κ2) is 5.67. The summed E-state index contributed by atoms with van der Waals surface area (Å²) in [7, 11) is 0. The molecule has 1 aromatic carbocycles. The first kappa shape index (κ1) is 14.4. The van der Waals surface area contributed by atoms with Crippen molar-refractivity contribution in [3.05, 3.63) is 34.2 Å². The monoisotopic (exact) mass is 302 g/mol. The zero-order valence-electron chi connectivity index (χ0n) is 12.1. The number of likely N-dealkylation sites (tertiary alicyclic amines) is 1. The second-order valence-corrected chi connectivity index (χ2v) is 5.69. The Balaban J connectivity index is 1.65. The molecule has 0 aliphatic carbocycles. The van der Waals surface area contributed by atoms with Crippen LogP contribution in [0.25, 0.3) is 11.0 Å². The molecule has 0 bridgehead atoms. The maximum Gasteiger partial charge on any atom is 0.323 e. The number of benzene rings is 1. The normalized spacial score (nSPS) is 16.1. The van der Waals surface area contributed by atoms with Crippen LogP contribution in [0.4, 0.5) is 0 Å². The molecule has 1 aliphatic rings. The van der Waals surface area contributed by atoms with Gasteiger partial charge >= 0.3 is 5.69 Å². The van der Waals surface area contributed by atoms with Gasteiger partial charge in [0.05, 0.1) is 17.5 Å². The molecule has 0 spiro atoms. The van der Waals surface area contributed by atoms with E-state index < -0.39 is 0 Å². The van der Waals surface area contributed by atoms with Crippen molar-refractivity contribution in [3.8, 4) is 0 Å². The average molecular weight is 302 g/mol. The highest BCUT2D eigenvalue weighted by Gasteiger charge is 2.25. The molecule has 1 fully saturated rings. The van der Waals surface area contributed by atoms with E-state index in [1.54, 1.807) is 17.0 Å². The molecule has 7 nitrogen and oxygen atoms in total. The Kier molecular flexibility index (Phi) is 3.70. The standard InChI is InChI=1S/C15H18N4O3/c16-14(21)10-3-5-19(6-4-10)13(20)8-9-1-2-11-12(7-9)18-15(22)17-11/h1-2,7,10H,3-6,8H2,(H2,16,21)(H2,17,18,22). The van der Waals surface area contributed by atoms with Gasteiger partial charge in [-0.05, 0) is 30.5 Å². The highest BCUT2D eigenvalue weighted by Crippen LogP contribution is 2.18. The van der Waals surface area contributed by atoms with Crippen molar-refractivity contribution in [2.75, 3.05) is 13.1 Å². The van der Waals surface area contributed by atoms with Gasteiger partial charge in [-0.3, -0.25) is 9.59 Å². The molecule has 4 N–H and O–H groups in total. The van der Waals surface area contributed by atoms with Crippen LogP contribution in [-0.4, -0.2) is 39.8 Å². The average Bonchev–Trinajstić information content (AvgIpc) is 2.86. The lowest BCUT2D eigenvalue weighted by Gasteiger charge is -2.30. The highest BCUT2D eigenvalue weighted by atomic mass is 16.2. The van der Waals surface area contributed by atoms with E-state index in [2.05, 4.69) is 9.97 Å². The molecule has 0 saturated carbocycles. The van der Waals surface area contributed by atoms with E-state index in [4.69, 9.17) is 5.73 Å². The number of aromatic amines is 2. The molecule has 0 radical (unpaired) electrons. The Morgan fingerprint density at radius 1 is 1.18 bits per heavy atom. The first-order valence-corrected chi connectivity index (χ1v) is 7.31. The first-order chi connectivity index (χ1) is 10.5. The lowest BCUT2D eigenvalue weighted by atomic mass is 9.96. The molecule has 7 heteroatoms. The van der Waals surface area contributed by atoms with E-state index in [0.29, 0.717) is 31.4 Å². The molecular formula is C15H18N4O3. The molecule has 0 atom stereocenters. The number of rotatable bonds is 3. The molecule has 3 rings (SSSR count). The maximum absolute atomic E-state index is 12.3. The lowest BCUT2D eigenvalue weighted by molar-refractivity contribution is -0.134. The van der Waals surface area contributed by atoms with Crippen molar-refractivity contribution in [1.29, 1.82) is 0 Å². The van der Waals surface area contributed by atoms with Gasteiger partial charge in [0, 0.05) is 19.0 Å². The van der Waals surface area contributed by atoms with E-state index >= 15 is 0 Å². The molecule has 0 unspecified atom stereocenters. The fraction of sp³-hybridized carbons (Fsp3) is 0.400. The Morgan fingerprint density at radius 3 is 2.55 bits per heavy atom. The topological polar surface area (TPSA) is 112 Å². The molecule has 1 saturated heterocycles. The van der Waals surface area contributed by atoms with Crippen molar-refractivity contribution >= 4 is 22.8 Å². The summed E-state index contributed by atoms with van der Waals surface area (Å²) in [5.41, 5.74) is 7.31. The number of hydrogen-bond acceptors (Lipinski definition) is 3. The number of amides is 2. The van der Waals surface area contributed by atoms with Crippen molar-refractivity contribution in [1.82, 2.24) is 14.9 Å². The number of nitrogens with two attached hydrogens (primary N) is 1. The summed E-state index contributed by atoms with van der Waals surface area (Å²) < 4.78 is 0. The van der Waals surface area contributed by atoms with Crippen molar-refractivity contribution < 1.29 is 9.59 Å². The molecule has 1 aliphatic heterocycles. The first-order valence-electron chi connectivity index (χ1n) is 7.31.